The maximum absolute atomic E-state index is 12.2. The van der Waals surface area contributed by atoms with Crippen LogP contribution < -0.4 is 0 Å². The van der Waals surface area contributed by atoms with Crippen molar-refractivity contribution < 1.29 is 13.7 Å². The molecular weight excluding hydrogens is 244 g/mol. The lowest BCUT2D eigenvalue weighted by Crippen LogP contribution is -2.25. The van der Waals surface area contributed by atoms with Crippen molar-refractivity contribution in [1.29, 1.82) is 0 Å². The van der Waals surface area contributed by atoms with E-state index in [4.69, 9.17) is 8.94 Å². The van der Waals surface area contributed by atoms with Crippen LogP contribution in [0.25, 0.3) is 0 Å². The summed E-state index contributed by atoms with van der Waals surface area (Å²) in [5.74, 6) is 2.21. The molecule has 0 bridgehead atoms. The first-order valence-corrected chi connectivity index (χ1v) is 6.41. The molecule has 1 amide bonds. The number of hydrogen-bond donors (Lipinski definition) is 0. The summed E-state index contributed by atoms with van der Waals surface area (Å²) in [6, 6.07) is 5.51. The molecule has 3 rings (SSSR count). The lowest BCUT2D eigenvalue weighted by molar-refractivity contribution is 0.0733. The number of furan rings is 1. The van der Waals surface area contributed by atoms with Crippen molar-refractivity contribution in [3.8, 4) is 0 Å². The normalized spacial score (nSPS) is 14.6. The fraction of sp³-hybridized carbons (Fsp3) is 0.429. The monoisotopic (exact) mass is 260 g/mol. The Labute approximate surface area is 111 Å². The van der Waals surface area contributed by atoms with E-state index >= 15 is 0 Å². The number of carbonyl (C=O) groups excluding carboxylic acids is 1. The summed E-state index contributed by atoms with van der Waals surface area (Å²) in [6.45, 7) is 2.30. The van der Waals surface area contributed by atoms with Crippen molar-refractivity contribution in [2.75, 3.05) is 7.05 Å². The Bertz CT molecular complexity index is 595. The van der Waals surface area contributed by atoms with Gasteiger partial charge in [-0.3, -0.25) is 4.79 Å². The lowest BCUT2D eigenvalue weighted by Gasteiger charge is -2.13. The van der Waals surface area contributed by atoms with Crippen LogP contribution in [0.4, 0.5) is 0 Å². The van der Waals surface area contributed by atoms with Crippen LogP contribution in [-0.2, 0) is 6.54 Å². The van der Waals surface area contributed by atoms with Gasteiger partial charge in [0.15, 0.2) is 0 Å². The van der Waals surface area contributed by atoms with Gasteiger partial charge in [0.25, 0.3) is 5.91 Å². The zero-order valence-corrected chi connectivity index (χ0v) is 11.0. The minimum absolute atomic E-state index is 0.173. The molecule has 0 atom stereocenters. The van der Waals surface area contributed by atoms with Crippen LogP contribution >= 0.6 is 0 Å². The summed E-state index contributed by atoms with van der Waals surface area (Å²) in [5.41, 5.74) is 0.894. The predicted molar refractivity (Wildman–Crippen MR) is 67.7 cm³/mol. The summed E-state index contributed by atoms with van der Waals surface area (Å²) in [5, 5.41) is 3.95. The Morgan fingerprint density at radius 1 is 1.47 bits per heavy atom. The van der Waals surface area contributed by atoms with Crippen LogP contribution in [0.5, 0.6) is 0 Å². The predicted octanol–water partition coefficient (Wildman–Crippen LogP) is 2.73. The van der Waals surface area contributed by atoms with E-state index in [1.807, 2.05) is 19.1 Å². The molecule has 2 heterocycles. The average Bonchev–Trinajstić information content (AvgIpc) is 2.98. The van der Waals surface area contributed by atoms with Crippen molar-refractivity contribution in [2.24, 2.45) is 0 Å². The molecule has 0 spiro atoms. The highest BCUT2D eigenvalue weighted by Gasteiger charge is 2.29. The van der Waals surface area contributed by atoms with Crippen molar-refractivity contribution >= 4 is 5.91 Å². The Morgan fingerprint density at radius 2 is 2.26 bits per heavy atom. The van der Waals surface area contributed by atoms with E-state index in [2.05, 4.69) is 5.16 Å². The molecule has 0 aliphatic heterocycles. The van der Waals surface area contributed by atoms with Gasteiger partial charge < -0.3 is 13.8 Å². The van der Waals surface area contributed by atoms with E-state index in [-0.39, 0.29) is 5.91 Å². The third kappa shape index (κ3) is 2.54. The molecule has 5 nitrogen and oxygen atoms in total. The standard InChI is InChI=1S/C14H16N2O3/c1-9-3-6-11(18-9)8-16(2)14(17)13-7-12(15-19-13)10-4-5-10/h3,6-7,10H,4-5,8H2,1-2H3. The van der Waals surface area contributed by atoms with Crippen LogP contribution in [0.15, 0.2) is 27.1 Å². The van der Waals surface area contributed by atoms with Crippen LogP contribution in [-0.4, -0.2) is 23.0 Å². The molecule has 2 aromatic rings. The first-order valence-electron chi connectivity index (χ1n) is 6.41. The molecule has 0 radical (unpaired) electrons. The van der Waals surface area contributed by atoms with Crippen LogP contribution in [0.3, 0.4) is 0 Å². The van der Waals surface area contributed by atoms with E-state index in [1.165, 1.54) is 0 Å². The fourth-order valence-corrected chi connectivity index (χ4v) is 2.02. The van der Waals surface area contributed by atoms with Gasteiger partial charge in [0.1, 0.15) is 11.5 Å². The van der Waals surface area contributed by atoms with Gasteiger partial charge in [0, 0.05) is 19.0 Å². The number of nitrogens with zero attached hydrogens (tertiary/aromatic N) is 2. The van der Waals surface area contributed by atoms with Crippen molar-refractivity contribution in [3.05, 3.63) is 41.2 Å². The van der Waals surface area contributed by atoms with Gasteiger partial charge in [0.2, 0.25) is 5.76 Å². The lowest BCUT2D eigenvalue weighted by atomic mass is 10.2. The molecule has 1 aliphatic rings. The van der Waals surface area contributed by atoms with Gasteiger partial charge in [-0.15, -0.1) is 0 Å². The zero-order chi connectivity index (χ0) is 13.4. The van der Waals surface area contributed by atoms with Gasteiger partial charge >= 0.3 is 0 Å². The number of carbonyl (C=O) groups is 1. The molecule has 2 aromatic heterocycles. The Kier molecular flexibility index (Phi) is 2.89. The van der Waals surface area contributed by atoms with Crippen molar-refractivity contribution in [1.82, 2.24) is 10.1 Å². The second-order valence-electron chi connectivity index (χ2n) is 5.06. The van der Waals surface area contributed by atoms with Crippen LogP contribution in [0.1, 0.15) is 46.5 Å². The van der Waals surface area contributed by atoms with Gasteiger partial charge in [0.05, 0.1) is 12.2 Å². The largest absolute Gasteiger partial charge is 0.464 e. The first kappa shape index (κ1) is 12.0. The SMILES string of the molecule is Cc1ccc(CN(C)C(=O)c2cc(C3CC3)no2)o1. The molecule has 1 aliphatic carbocycles. The van der Waals surface area contributed by atoms with E-state index in [0.717, 1.165) is 30.1 Å². The zero-order valence-electron chi connectivity index (χ0n) is 11.0. The molecule has 5 heteroatoms. The van der Waals surface area contributed by atoms with Gasteiger partial charge in [-0.1, -0.05) is 5.16 Å². The Balaban J connectivity index is 1.67. The van der Waals surface area contributed by atoms with Gasteiger partial charge in [-0.05, 0) is 31.9 Å². The van der Waals surface area contributed by atoms with E-state index in [9.17, 15) is 4.79 Å². The fourth-order valence-electron chi connectivity index (χ4n) is 2.02. The third-order valence-electron chi connectivity index (χ3n) is 3.27. The highest BCUT2D eigenvalue weighted by molar-refractivity contribution is 5.91. The molecule has 1 saturated carbocycles. The number of aryl methyl sites for hydroxylation is 1. The molecular formula is C14H16N2O3. The number of aromatic nitrogens is 1. The minimum Gasteiger partial charge on any atom is -0.464 e. The smallest absolute Gasteiger partial charge is 0.292 e. The number of hydrogen-bond acceptors (Lipinski definition) is 4. The quantitative estimate of drug-likeness (QED) is 0.848. The van der Waals surface area contributed by atoms with Crippen molar-refractivity contribution in [2.45, 2.75) is 32.2 Å². The minimum atomic E-state index is -0.173. The number of amides is 1. The van der Waals surface area contributed by atoms with Gasteiger partial charge in [-0.25, -0.2) is 0 Å². The Morgan fingerprint density at radius 3 is 2.89 bits per heavy atom. The first-order chi connectivity index (χ1) is 9.13. The second-order valence-corrected chi connectivity index (χ2v) is 5.06. The third-order valence-corrected chi connectivity index (χ3v) is 3.27. The summed E-state index contributed by atoms with van der Waals surface area (Å²) in [6.07, 6.45) is 2.28. The molecule has 0 N–H and O–H groups in total. The highest BCUT2D eigenvalue weighted by atomic mass is 16.5. The van der Waals surface area contributed by atoms with Crippen molar-refractivity contribution in [3.63, 3.8) is 0 Å². The summed E-state index contributed by atoms with van der Waals surface area (Å²) >= 11 is 0. The number of rotatable bonds is 4. The molecule has 19 heavy (non-hydrogen) atoms. The molecule has 0 aromatic carbocycles. The highest BCUT2D eigenvalue weighted by Crippen LogP contribution is 2.39. The second kappa shape index (κ2) is 4.57. The summed E-state index contributed by atoms with van der Waals surface area (Å²) < 4.78 is 10.6. The molecule has 0 unspecified atom stereocenters. The maximum atomic E-state index is 12.2. The average molecular weight is 260 g/mol. The van der Waals surface area contributed by atoms with Gasteiger partial charge in [-0.2, -0.15) is 0 Å². The van der Waals surface area contributed by atoms with E-state index in [1.54, 1.807) is 18.0 Å². The molecule has 1 fully saturated rings. The summed E-state index contributed by atoms with van der Waals surface area (Å²) in [4.78, 5) is 13.7. The van der Waals surface area contributed by atoms with Crippen LogP contribution in [0, 0.1) is 6.92 Å². The molecule has 0 saturated heterocycles. The summed E-state index contributed by atoms with van der Waals surface area (Å²) in [7, 11) is 1.72. The Hall–Kier alpha value is -2.04. The van der Waals surface area contributed by atoms with E-state index < -0.39 is 0 Å². The van der Waals surface area contributed by atoms with Crippen LogP contribution in [0.2, 0.25) is 0 Å². The van der Waals surface area contributed by atoms with E-state index in [0.29, 0.717) is 18.2 Å². The maximum Gasteiger partial charge on any atom is 0.292 e. The molecule has 100 valence electrons. The topological polar surface area (TPSA) is 59.5 Å².